The fraction of sp³-hybridized carbons (Fsp3) is 0.154. The summed E-state index contributed by atoms with van der Waals surface area (Å²) in [4.78, 5) is 10.1. The molecule has 2 aromatic rings. The Kier molecular flexibility index (Phi) is 3.52. The average molecular weight is 241 g/mol. The number of hydrogen-bond donors (Lipinski definition) is 2. The van der Waals surface area contributed by atoms with Crippen LogP contribution in [0.2, 0.25) is 0 Å². The molecule has 0 aliphatic rings. The zero-order valence-corrected chi connectivity index (χ0v) is 10.2. The molecule has 0 saturated heterocycles. The Hall–Kier alpha value is -2.43. The minimum absolute atomic E-state index is 0.0848. The molecule has 0 aliphatic carbocycles. The van der Waals surface area contributed by atoms with Gasteiger partial charge in [0.1, 0.15) is 18.0 Å². The van der Waals surface area contributed by atoms with Gasteiger partial charge in [-0.1, -0.05) is 18.2 Å². The molecule has 1 aromatic heterocycles. The molecule has 0 aliphatic heterocycles. The third kappa shape index (κ3) is 2.82. The summed E-state index contributed by atoms with van der Waals surface area (Å²) in [5.74, 6) is 0.944. The van der Waals surface area contributed by atoms with Crippen molar-refractivity contribution in [2.75, 3.05) is 11.9 Å². The van der Waals surface area contributed by atoms with E-state index in [2.05, 4.69) is 9.97 Å². The lowest BCUT2D eigenvalue weighted by Gasteiger charge is -2.18. The fourth-order valence-corrected chi connectivity index (χ4v) is 1.70. The van der Waals surface area contributed by atoms with E-state index in [0.717, 1.165) is 16.9 Å². The molecule has 0 radical (unpaired) electrons. The van der Waals surface area contributed by atoms with Gasteiger partial charge in [-0.15, -0.1) is 0 Å². The Morgan fingerprint density at radius 3 is 2.89 bits per heavy atom. The number of rotatable bonds is 4. The number of nitrogens with one attached hydrogen (secondary N) is 1. The summed E-state index contributed by atoms with van der Waals surface area (Å²) in [5.41, 5.74) is 7.30. The molecule has 1 heterocycles. The summed E-state index contributed by atoms with van der Waals surface area (Å²) in [6, 6.07) is 9.51. The quantitative estimate of drug-likeness (QED) is 0.626. The smallest absolute Gasteiger partial charge is 0.131 e. The molecule has 0 unspecified atom stereocenters. The lowest BCUT2D eigenvalue weighted by Crippen LogP contribution is -2.18. The van der Waals surface area contributed by atoms with E-state index in [-0.39, 0.29) is 5.84 Å². The average Bonchev–Trinajstić information content (AvgIpc) is 2.40. The molecular weight excluding hydrogens is 226 g/mol. The van der Waals surface area contributed by atoms with E-state index in [1.807, 2.05) is 42.3 Å². The van der Waals surface area contributed by atoms with Crippen molar-refractivity contribution in [3.63, 3.8) is 0 Å². The molecule has 2 rings (SSSR count). The maximum atomic E-state index is 7.42. The van der Waals surface area contributed by atoms with Gasteiger partial charge in [0.05, 0.1) is 0 Å². The van der Waals surface area contributed by atoms with E-state index in [1.54, 1.807) is 6.20 Å². The standard InChI is InChI=1S/C13H15N5/c1-18(12-5-6-16-9-17-12)8-10-3-2-4-11(7-10)13(14)15/h2-7,9H,8H2,1H3,(H3,14,15). The van der Waals surface area contributed by atoms with Gasteiger partial charge in [0, 0.05) is 25.4 Å². The van der Waals surface area contributed by atoms with Gasteiger partial charge in [-0.25, -0.2) is 9.97 Å². The predicted octanol–water partition coefficient (Wildman–Crippen LogP) is 1.40. The van der Waals surface area contributed by atoms with Crippen molar-refractivity contribution < 1.29 is 0 Å². The number of anilines is 1. The Bertz CT molecular complexity index is 538. The largest absolute Gasteiger partial charge is 0.384 e. The summed E-state index contributed by atoms with van der Waals surface area (Å²) in [5, 5.41) is 7.42. The van der Waals surface area contributed by atoms with Crippen molar-refractivity contribution in [2.24, 2.45) is 5.73 Å². The zero-order valence-electron chi connectivity index (χ0n) is 10.2. The van der Waals surface area contributed by atoms with Gasteiger partial charge in [-0.3, -0.25) is 5.41 Å². The van der Waals surface area contributed by atoms with Crippen LogP contribution in [0.4, 0.5) is 5.82 Å². The first-order valence-corrected chi connectivity index (χ1v) is 5.57. The summed E-state index contributed by atoms with van der Waals surface area (Å²) in [6.45, 7) is 0.706. The number of amidine groups is 1. The fourth-order valence-electron chi connectivity index (χ4n) is 1.70. The van der Waals surface area contributed by atoms with Crippen LogP contribution in [0.1, 0.15) is 11.1 Å². The second-order valence-electron chi connectivity index (χ2n) is 4.04. The summed E-state index contributed by atoms with van der Waals surface area (Å²) < 4.78 is 0. The predicted molar refractivity (Wildman–Crippen MR) is 71.6 cm³/mol. The van der Waals surface area contributed by atoms with E-state index < -0.39 is 0 Å². The number of nitrogen functional groups attached to an aromatic ring is 1. The molecule has 3 N–H and O–H groups in total. The third-order valence-corrected chi connectivity index (χ3v) is 2.62. The Labute approximate surface area is 106 Å². The van der Waals surface area contributed by atoms with Crippen LogP contribution in [-0.4, -0.2) is 22.9 Å². The summed E-state index contributed by atoms with van der Waals surface area (Å²) in [6.07, 6.45) is 3.24. The van der Waals surface area contributed by atoms with Crippen molar-refractivity contribution >= 4 is 11.7 Å². The first-order chi connectivity index (χ1) is 8.66. The van der Waals surface area contributed by atoms with Gasteiger partial charge >= 0.3 is 0 Å². The number of hydrogen-bond acceptors (Lipinski definition) is 4. The van der Waals surface area contributed by atoms with E-state index >= 15 is 0 Å². The highest BCUT2D eigenvalue weighted by atomic mass is 15.2. The molecule has 0 saturated carbocycles. The molecule has 0 atom stereocenters. The molecule has 0 fully saturated rings. The number of aromatic nitrogens is 2. The Balaban J connectivity index is 2.14. The van der Waals surface area contributed by atoms with E-state index in [1.165, 1.54) is 6.33 Å². The van der Waals surface area contributed by atoms with Crippen molar-refractivity contribution in [3.05, 3.63) is 54.0 Å². The van der Waals surface area contributed by atoms with Crippen molar-refractivity contribution in [3.8, 4) is 0 Å². The number of benzene rings is 1. The van der Waals surface area contributed by atoms with Crippen LogP contribution in [-0.2, 0) is 6.54 Å². The number of nitrogens with two attached hydrogens (primary N) is 1. The summed E-state index contributed by atoms with van der Waals surface area (Å²) >= 11 is 0. The van der Waals surface area contributed by atoms with Gasteiger partial charge < -0.3 is 10.6 Å². The van der Waals surface area contributed by atoms with E-state index in [4.69, 9.17) is 11.1 Å². The highest BCUT2D eigenvalue weighted by molar-refractivity contribution is 5.95. The SMILES string of the molecule is CN(Cc1cccc(C(=N)N)c1)c1ccncn1. The lowest BCUT2D eigenvalue weighted by atomic mass is 10.1. The Morgan fingerprint density at radius 1 is 1.39 bits per heavy atom. The van der Waals surface area contributed by atoms with Crippen molar-refractivity contribution in [1.82, 2.24) is 9.97 Å². The normalized spacial score (nSPS) is 10.1. The van der Waals surface area contributed by atoms with Gasteiger partial charge in [-0.2, -0.15) is 0 Å². The van der Waals surface area contributed by atoms with Crippen LogP contribution >= 0.6 is 0 Å². The number of nitrogens with zero attached hydrogens (tertiary/aromatic N) is 3. The van der Waals surface area contributed by atoms with Crippen LogP contribution < -0.4 is 10.6 Å². The lowest BCUT2D eigenvalue weighted by molar-refractivity contribution is 0.890. The van der Waals surface area contributed by atoms with Crippen LogP contribution in [0.3, 0.4) is 0 Å². The van der Waals surface area contributed by atoms with Crippen molar-refractivity contribution in [1.29, 1.82) is 5.41 Å². The van der Waals surface area contributed by atoms with Crippen molar-refractivity contribution in [2.45, 2.75) is 6.54 Å². The molecule has 1 aromatic carbocycles. The van der Waals surface area contributed by atoms with Gasteiger partial charge in [-0.05, 0) is 17.7 Å². The molecular formula is C13H15N5. The molecule has 5 heteroatoms. The minimum atomic E-state index is 0.0848. The topological polar surface area (TPSA) is 78.9 Å². The highest BCUT2D eigenvalue weighted by Crippen LogP contribution is 2.12. The van der Waals surface area contributed by atoms with Gasteiger partial charge in [0.25, 0.3) is 0 Å². The maximum absolute atomic E-state index is 7.42. The highest BCUT2D eigenvalue weighted by Gasteiger charge is 2.04. The van der Waals surface area contributed by atoms with Crippen LogP contribution in [0.25, 0.3) is 0 Å². The molecule has 0 spiro atoms. The maximum Gasteiger partial charge on any atom is 0.131 e. The second-order valence-corrected chi connectivity index (χ2v) is 4.04. The Morgan fingerprint density at radius 2 is 2.22 bits per heavy atom. The first kappa shape index (κ1) is 12.0. The molecule has 0 amide bonds. The molecule has 0 bridgehead atoms. The van der Waals surface area contributed by atoms with Crippen LogP contribution in [0.15, 0.2) is 42.9 Å². The zero-order chi connectivity index (χ0) is 13.0. The summed E-state index contributed by atoms with van der Waals surface area (Å²) in [7, 11) is 1.96. The van der Waals surface area contributed by atoms with Crippen LogP contribution in [0, 0.1) is 5.41 Å². The monoisotopic (exact) mass is 241 g/mol. The molecule has 5 nitrogen and oxygen atoms in total. The first-order valence-electron chi connectivity index (χ1n) is 5.57. The third-order valence-electron chi connectivity index (χ3n) is 2.62. The van der Waals surface area contributed by atoms with E-state index in [0.29, 0.717) is 6.54 Å². The van der Waals surface area contributed by atoms with Gasteiger partial charge in [0.2, 0.25) is 0 Å². The molecule has 18 heavy (non-hydrogen) atoms. The molecule has 92 valence electrons. The van der Waals surface area contributed by atoms with Gasteiger partial charge in [0.15, 0.2) is 0 Å². The van der Waals surface area contributed by atoms with Crippen LogP contribution in [0.5, 0.6) is 0 Å². The van der Waals surface area contributed by atoms with E-state index in [9.17, 15) is 0 Å². The minimum Gasteiger partial charge on any atom is -0.384 e. The second kappa shape index (κ2) is 5.27.